The van der Waals surface area contributed by atoms with Crippen molar-refractivity contribution in [3.8, 4) is 17.2 Å². The second-order valence-electron chi connectivity index (χ2n) is 9.02. The van der Waals surface area contributed by atoms with Crippen molar-refractivity contribution in [2.45, 2.75) is 19.6 Å². The Bertz CT molecular complexity index is 1190. The number of rotatable bonds is 11. The molecule has 0 aliphatic carbocycles. The van der Waals surface area contributed by atoms with Gasteiger partial charge < -0.3 is 28.7 Å². The zero-order valence-electron chi connectivity index (χ0n) is 21.0. The Labute approximate surface area is 216 Å². The number of carbonyl (C=O) groups is 1. The van der Waals surface area contributed by atoms with Crippen molar-refractivity contribution in [3.63, 3.8) is 0 Å². The first-order valence-corrected chi connectivity index (χ1v) is 12.4. The molecule has 0 saturated carbocycles. The molecule has 3 aromatic rings. The number of nitrogens with zero attached hydrogens (tertiary/aromatic N) is 3. The summed E-state index contributed by atoms with van der Waals surface area (Å²) in [7, 11) is 1.66. The molecule has 5 rings (SSSR count). The highest BCUT2D eigenvalue weighted by Crippen LogP contribution is 2.33. The van der Waals surface area contributed by atoms with Crippen LogP contribution in [0.5, 0.6) is 17.2 Å². The summed E-state index contributed by atoms with van der Waals surface area (Å²) in [5, 5.41) is 2.93. The molecule has 196 valence electrons. The van der Waals surface area contributed by atoms with E-state index in [1.807, 2.05) is 36.4 Å². The van der Waals surface area contributed by atoms with Crippen LogP contribution in [0.2, 0.25) is 0 Å². The van der Waals surface area contributed by atoms with Crippen LogP contribution in [-0.2, 0) is 24.4 Å². The van der Waals surface area contributed by atoms with Gasteiger partial charge in [0.15, 0.2) is 17.2 Å². The fourth-order valence-electron chi connectivity index (χ4n) is 4.42. The van der Waals surface area contributed by atoms with E-state index in [1.165, 1.54) is 6.26 Å². The van der Waals surface area contributed by atoms with Crippen LogP contribution in [0.25, 0.3) is 0 Å². The largest absolute Gasteiger partial charge is 0.497 e. The first-order valence-electron chi connectivity index (χ1n) is 12.4. The Balaban J connectivity index is 1.23. The minimum absolute atomic E-state index is 0.236. The van der Waals surface area contributed by atoms with Crippen LogP contribution >= 0.6 is 0 Å². The van der Waals surface area contributed by atoms with Crippen molar-refractivity contribution >= 4 is 5.91 Å². The molecular weight excluding hydrogens is 476 g/mol. The molecule has 1 aromatic heterocycles. The second-order valence-corrected chi connectivity index (χ2v) is 9.02. The van der Waals surface area contributed by atoms with E-state index in [9.17, 15) is 4.79 Å². The normalized spacial score (nSPS) is 15.2. The molecule has 1 fully saturated rings. The second kappa shape index (κ2) is 12.1. The molecule has 1 saturated heterocycles. The number of nitrogens with one attached hydrogen (secondary N) is 1. The number of amides is 1. The van der Waals surface area contributed by atoms with E-state index in [-0.39, 0.29) is 18.4 Å². The molecule has 0 atom stereocenters. The molecule has 3 heterocycles. The van der Waals surface area contributed by atoms with Gasteiger partial charge in [-0.15, -0.1) is 0 Å². The van der Waals surface area contributed by atoms with Gasteiger partial charge in [-0.25, -0.2) is 4.98 Å². The number of hydrogen-bond acceptors (Lipinski definition) is 9. The predicted octanol–water partition coefficient (Wildman–Crippen LogP) is 2.68. The number of ether oxygens (including phenoxy) is 4. The predicted molar refractivity (Wildman–Crippen MR) is 135 cm³/mol. The third-order valence-corrected chi connectivity index (χ3v) is 6.34. The molecule has 1 N–H and O–H groups in total. The fraction of sp³-hybridized carbons (Fsp3) is 0.407. The Kier molecular flexibility index (Phi) is 8.19. The first kappa shape index (κ1) is 25.1. The Morgan fingerprint density at radius 2 is 1.86 bits per heavy atom. The average molecular weight is 509 g/mol. The van der Waals surface area contributed by atoms with E-state index >= 15 is 0 Å². The quantitative estimate of drug-likeness (QED) is 0.419. The van der Waals surface area contributed by atoms with Gasteiger partial charge in [0.05, 0.1) is 26.9 Å². The molecule has 0 unspecified atom stereocenters. The van der Waals surface area contributed by atoms with Gasteiger partial charge in [-0.05, 0) is 35.4 Å². The summed E-state index contributed by atoms with van der Waals surface area (Å²) in [6.45, 7) is 6.49. The highest BCUT2D eigenvalue weighted by molar-refractivity contribution is 5.91. The number of hydrogen-bond donors (Lipinski definition) is 1. The monoisotopic (exact) mass is 508 g/mol. The maximum atomic E-state index is 12.6. The maximum Gasteiger partial charge on any atom is 0.273 e. The average Bonchev–Trinajstić information content (AvgIpc) is 3.59. The van der Waals surface area contributed by atoms with Gasteiger partial charge in [-0.2, -0.15) is 0 Å². The van der Waals surface area contributed by atoms with Crippen LogP contribution in [0.15, 0.2) is 53.1 Å². The minimum Gasteiger partial charge on any atom is -0.497 e. The van der Waals surface area contributed by atoms with Crippen molar-refractivity contribution < 1.29 is 28.2 Å². The summed E-state index contributed by atoms with van der Waals surface area (Å²) in [4.78, 5) is 21.5. The topological polar surface area (TPSA) is 98.5 Å². The van der Waals surface area contributed by atoms with Gasteiger partial charge in [0.25, 0.3) is 5.91 Å². The number of methoxy groups -OCH3 is 1. The van der Waals surface area contributed by atoms with E-state index in [0.29, 0.717) is 32.1 Å². The zero-order valence-corrected chi connectivity index (χ0v) is 21.0. The molecule has 1 amide bonds. The molecule has 0 bridgehead atoms. The van der Waals surface area contributed by atoms with Crippen molar-refractivity contribution in [1.82, 2.24) is 20.1 Å². The van der Waals surface area contributed by atoms with Crippen molar-refractivity contribution in [2.24, 2.45) is 0 Å². The van der Waals surface area contributed by atoms with E-state index in [4.69, 9.17) is 23.4 Å². The fourth-order valence-corrected chi connectivity index (χ4v) is 4.42. The third-order valence-electron chi connectivity index (χ3n) is 6.34. The number of aromatic nitrogens is 1. The molecule has 10 nitrogen and oxygen atoms in total. The van der Waals surface area contributed by atoms with Crippen LogP contribution in [0.4, 0.5) is 0 Å². The van der Waals surface area contributed by atoms with Gasteiger partial charge in [0.2, 0.25) is 12.7 Å². The summed E-state index contributed by atoms with van der Waals surface area (Å²) in [6.07, 6.45) is 1.42. The first-order chi connectivity index (χ1) is 18.2. The Hall–Kier alpha value is -3.60. The standard InChI is InChI=1S/C27H32N4O6/c1-33-22-4-2-3-20(13-22)15-31(16-21-5-6-24-25(14-21)37-19-36-24)17-26-29-23(18-35-26)27(32)28-7-8-30-9-11-34-12-10-30/h2-6,13-14,18H,7-12,15-17,19H2,1H3,(H,28,32). The Morgan fingerprint density at radius 1 is 1.05 bits per heavy atom. The smallest absolute Gasteiger partial charge is 0.273 e. The number of oxazole rings is 1. The summed E-state index contributed by atoms with van der Waals surface area (Å²) < 4.78 is 27.4. The van der Waals surface area contributed by atoms with E-state index < -0.39 is 0 Å². The molecule has 10 heteroatoms. The number of carbonyl (C=O) groups excluding carboxylic acids is 1. The SMILES string of the molecule is COc1cccc(CN(Cc2ccc3c(c2)OCO3)Cc2nc(C(=O)NCCN3CCOCC3)co2)c1. The van der Waals surface area contributed by atoms with E-state index in [1.54, 1.807) is 7.11 Å². The van der Waals surface area contributed by atoms with Gasteiger partial charge in [-0.1, -0.05) is 18.2 Å². The summed E-state index contributed by atoms with van der Waals surface area (Å²) in [5.41, 5.74) is 2.44. The lowest BCUT2D eigenvalue weighted by Crippen LogP contribution is -2.41. The van der Waals surface area contributed by atoms with Crippen LogP contribution in [0.3, 0.4) is 0 Å². The molecule has 37 heavy (non-hydrogen) atoms. The van der Waals surface area contributed by atoms with Gasteiger partial charge in [0, 0.05) is 39.3 Å². The Morgan fingerprint density at radius 3 is 2.70 bits per heavy atom. The van der Waals surface area contributed by atoms with Crippen molar-refractivity contribution in [2.75, 3.05) is 53.3 Å². The summed E-state index contributed by atoms with van der Waals surface area (Å²) >= 11 is 0. The lowest BCUT2D eigenvalue weighted by Gasteiger charge is -2.26. The van der Waals surface area contributed by atoms with Gasteiger partial charge in [0.1, 0.15) is 12.0 Å². The number of morpholine rings is 1. The van der Waals surface area contributed by atoms with Crippen LogP contribution in [0, 0.1) is 0 Å². The molecule has 2 aliphatic heterocycles. The number of benzene rings is 2. The van der Waals surface area contributed by atoms with Crippen molar-refractivity contribution in [3.05, 3.63) is 71.4 Å². The zero-order chi connectivity index (χ0) is 25.5. The maximum absolute atomic E-state index is 12.6. The minimum atomic E-state index is -0.238. The highest BCUT2D eigenvalue weighted by Gasteiger charge is 2.19. The molecular formula is C27H32N4O6. The van der Waals surface area contributed by atoms with Crippen LogP contribution in [-0.4, -0.2) is 74.0 Å². The van der Waals surface area contributed by atoms with Gasteiger partial charge in [-0.3, -0.25) is 14.6 Å². The summed E-state index contributed by atoms with van der Waals surface area (Å²) in [6, 6.07) is 13.9. The molecule has 0 spiro atoms. The van der Waals surface area contributed by atoms with Gasteiger partial charge >= 0.3 is 0 Å². The van der Waals surface area contributed by atoms with E-state index in [2.05, 4.69) is 26.2 Å². The lowest BCUT2D eigenvalue weighted by atomic mass is 10.1. The molecule has 2 aliphatic rings. The lowest BCUT2D eigenvalue weighted by molar-refractivity contribution is 0.0383. The summed E-state index contributed by atoms with van der Waals surface area (Å²) in [5.74, 6) is 2.53. The molecule has 0 radical (unpaired) electrons. The highest BCUT2D eigenvalue weighted by atomic mass is 16.7. The van der Waals surface area contributed by atoms with E-state index in [0.717, 1.165) is 61.2 Å². The van der Waals surface area contributed by atoms with Crippen molar-refractivity contribution in [1.29, 1.82) is 0 Å². The van der Waals surface area contributed by atoms with Crippen LogP contribution in [0.1, 0.15) is 27.5 Å². The van der Waals surface area contributed by atoms with Crippen LogP contribution < -0.4 is 19.5 Å². The third kappa shape index (κ3) is 6.79. The molecule has 2 aromatic carbocycles. The number of fused-ring (bicyclic) bond motifs is 1.